The molecule has 0 radical (unpaired) electrons. The average Bonchev–Trinajstić information content (AvgIpc) is 2.22. The molecule has 0 spiro atoms. The molecule has 2 unspecified atom stereocenters. The van der Waals surface area contributed by atoms with Crippen LogP contribution in [0.25, 0.3) is 0 Å². The third kappa shape index (κ3) is 0.206. The Bertz CT molecular complexity index is 258. The summed E-state index contributed by atoms with van der Waals surface area (Å²) in [4.78, 5) is 11.4. The Morgan fingerprint density at radius 2 is 1.60 bits per heavy atom. The maximum absolute atomic E-state index is 11.4. The van der Waals surface area contributed by atoms with Crippen LogP contribution in [0.1, 0.15) is 0 Å². The van der Waals surface area contributed by atoms with Crippen molar-refractivity contribution in [2.75, 3.05) is 0 Å². The van der Waals surface area contributed by atoms with Gasteiger partial charge >= 0.3 is 0 Å². The number of rotatable bonds is 0. The lowest BCUT2D eigenvalue weighted by Crippen LogP contribution is -2.09. The van der Waals surface area contributed by atoms with Gasteiger partial charge in [0.2, 0.25) is 0 Å². The summed E-state index contributed by atoms with van der Waals surface area (Å²) in [5.74, 6) is 4.67. The van der Waals surface area contributed by atoms with E-state index in [0.717, 1.165) is 11.8 Å². The highest BCUT2D eigenvalue weighted by Gasteiger charge is 2.78. The van der Waals surface area contributed by atoms with Crippen molar-refractivity contribution in [1.29, 1.82) is 0 Å². The minimum Gasteiger partial charge on any atom is -0.299 e. The molecular formula is C9H8O. The van der Waals surface area contributed by atoms with Crippen molar-refractivity contribution in [3.8, 4) is 0 Å². The molecule has 0 aromatic rings. The van der Waals surface area contributed by atoms with Crippen LogP contribution in [0.2, 0.25) is 0 Å². The van der Waals surface area contributed by atoms with Gasteiger partial charge < -0.3 is 0 Å². The highest BCUT2D eigenvalue weighted by atomic mass is 16.1. The Hall–Kier alpha value is -0.590. The van der Waals surface area contributed by atoms with Crippen molar-refractivity contribution in [1.82, 2.24) is 0 Å². The van der Waals surface area contributed by atoms with Gasteiger partial charge in [-0.25, -0.2) is 0 Å². The fraction of sp³-hybridized carbons (Fsp3) is 0.667. The fourth-order valence-electron chi connectivity index (χ4n) is 3.82. The third-order valence-corrected chi connectivity index (χ3v) is 4.06. The molecule has 4 saturated carbocycles. The minimum atomic E-state index is 0.472. The van der Waals surface area contributed by atoms with Crippen LogP contribution in [0.3, 0.4) is 0 Å². The topological polar surface area (TPSA) is 17.1 Å². The largest absolute Gasteiger partial charge is 0.299 e. The van der Waals surface area contributed by atoms with Crippen LogP contribution < -0.4 is 0 Å². The first-order valence-electron chi connectivity index (χ1n) is 4.11. The normalized spacial score (nSPS) is 71.8. The first-order valence-corrected chi connectivity index (χ1v) is 4.11. The number of Topliss-reactive ketones (excluding diaryl/α,β-unsaturated/α-hetero) is 1. The molecule has 0 heterocycles. The second-order valence-corrected chi connectivity index (χ2v) is 4.15. The molecule has 6 atom stereocenters. The summed E-state index contributed by atoms with van der Waals surface area (Å²) in [5, 5.41) is 0. The van der Waals surface area contributed by atoms with Gasteiger partial charge in [0.25, 0.3) is 0 Å². The van der Waals surface area contributed by atoms with Crippen LogP contribution in [0, 0.1) is 35.5 Å². The molecule has 0 saturated heterocycles. The number of hydrogen-bond acceptors (Lipinski definition) is 1. The lowest BCUT2D eigenvalue weighted by molar-refractivity contribution is -0.121. The van der Waals surface area contributed by atoms with Gasteiger partial charge in [-0.1, -0.05) is 12.2 Å². The zero-order valence-electron chi connectivity index (χ0n) is 5.53. The third-order valence-electron chi connectivity index (χ3n) is 4.06. The van der Waals surface area contributed by atoms with Gasteiger partial charge in [0.1, 0.15) is 5.78 Å². The fourth-order valence-corrected chi connectivity index (χ4v) is 3.82. The van der Waals surface area contributed by atoms with Crippen LogP contribution >= 0.6 is 0 Å². The molecular weight excluding hydrogens is 124 g/mol. The van der Waals surface area contributed by atoms with Crippen molar-refractivity contribution >= 4 is 5.78 Å². The molecule has 1 heteroatoms. The number of ketones is 1. The molecule has 50 valence electrons. The molecule has 5 aliphatic rings. The SMILES string of the molecule is O=C1C2[C@@H]3[C@H]2[C@H]2C=C[C@@H]3C12. The molecule has 0 aromatic carbocycles. The highest BCUT2D eigenvalue weighted by molar-refractivity contribution is 5.95. The van der Waals surface area contributed by atoms with Gasteiger partial charge in [-0.05, 0) is 23.7 Å². The number of allylic oxidation sites excluding steroid dienone is 2. The van der Waals surface area contributed by atoms with Crippen LogP contribution in [0.15, 0.2) is 12.2 Å². The van der Waals surface area contributed by atoms with Crippen molar-refractivity contribution in [3.63, 3.8) is 0 Å². The van der Waals surface area contributed by atoms with E-state index in [1.807, 2.05) is 0 Å². The molecule has 10 heavy (non-hydrogen) atoms. The van der Waals surface area contributed by atoms with Gasteiger partial charge in [-0.2, -0.15) is 0 Å². The second kappa shape index (κ2) is 0.919. The van der Waals surface area contributed by atoms with E-state index < -0.39 is 0 Å². The van der Waals surface area contributed by atoms with Crippen molar-refractivity contribution in [2.24, 2.45) is 35.5 Å². The van der Waals surface area contributed by atoms with E-state index >= 15 is 0 Å². The Morgan fingerprint density at radius 1 is 1.00 bits per heavy atom. The summed E-state index contributed by atoms with van der Waals surface area (Å²) in [6, 6.07) is 0. The maximum atomic E-state index is 11.4. The molecule has 0 aliphatic heterocycles. The van der Waals surface area contributed by atoms with E-state index in [0.29, 0.717) is 29.5 Å². The minimum absolute atomic E-state index is 0.472. The van der Waals surface area contributed by atoms with Gasteiger partial charge in [0.05, 0.1) is 0 Å². The quantitative estimate of drug-likeness (QED) is 0.447. The molecule has 6 bridgehead atoms. The Morgan fingerprint density at radius 3 is 1.90 bits per heavy atom. The summed E-state index contributed by atoms with van der Waals surface area (Å²) in [7, 11) is 0. The van der Waals surface area contributed by atoms with Crippen LogP contribution in [0.4, 0.5) is 0 Å². The predicted molar refractivity (Wildman–Crippen MR) is 35.1 cm³/mol. The standard InChI is InChI=1S/C9H8O/c10-9-5-3-1-2-4(5)7-6(3)8(7)9/h1-8H/t3-,4+,5?,6+,7-,8?. The average molecular weight is 132 g/mol. The summed E-state index contributed by atoms with van der Waals surface area (Å²) < 4.78 is 0. The molecule has 1 nitrogen and oxygen atoms in total. The van der Waals surface area contributed by atoms with Crippen LogP contribution in [-0.4, -0.2) is 5.78 Å². The summed E-state index contributed by atoms with van der Waals surface area (Å²) in [5.41, 5.74) is 0. The lowest BCUT2D eigenvalue weighted by Gasteiger charge is -2.03. The molecule has 0 amide bonds. The maximum Gasteiger partial charge on any atom is 0.140 e. The summed E-state index contributed by atoms with van der Waals surface area (Å²) >= 11 is 0. The number of carbonyl (C=O) groups excluding carboxylic acids is 1. The predicted octanol–water partition coefficient (Wildman–Crippen LogP) is 0.863. The second-order valence-electron chi connectivity index (χ2n) is 4.15. The molecule has 0 N–H and O–H groups in total. The van der Waals surface area contributed by atoms with Crippen LogP contribution in [-0.2, 0) is 4.79 Å². The van der Waals surface area contributed by atoms with Crippen molar-refractivity contribution < 1.29 is 4.79 Å². The monoisotopic (exact) mass is 132 g/mol. The van der Waals surface area contributed by atoms with Crippen LogP contribution in [0.5, 0.6) is 0 Å². The molecule has 5 aliphatic carbocycles. The van der Waals surface area contributed by atoms with Gasteiger partial charge in [0, 0.05) is 11.8 Å². The lowest BCUT2D eigenvalue weighted by atomic mass is 9.99. The van der Waals surface area contributed by atoms with E-state index in [4.69, 9.17) is 0 Å². The Kier molecular flexibility index (Phi) is 0.397. The molecule has 4 fully saturated rings. The Labute approximate surface area is 59.1 Å². The summed E-state index contributed by atoms with van der Waals surface area (Å²) in [6.45, 7) is 0. The zero-order valence-corrected chi connectivity index (χ0v) is 5.53. The van der Waals surface area contributed by atoms with E-state index in [9.17, 15) is 4.79 Å². The zero-order chi connectivity index (χ0) is 6.46. The molecule has 0 aromatic heterocycles. The van der Waals surface area contributed by atoms with E-state index in [-0.39, 0.29) is 0 Å². The van der Waals surface area contributed by atoms with Crippen molar-refractivity contribution in [2.45, 2.75) is 0 Å². The van der Waals surface area contributed by atoms with Gasteiger partial charge in [0.15, 0.2) is 0 Å². The van der Waals surface area contributed by atoms with E-state index in [1.165, 1.54) is 0 Å². The Balaban J connectivity index is 2.08. The smallest absolute Gasteiger partial charge is 0.140 e. The highest BCUT2D eigenvalue weighted by Crippen LogP contribution is 2.76. The van der Waals surface area contributed by atoms with Gasteiger partial charge in [-0.3, -0.25) is 4.79 Å². The van der Waals surface area contributed by atoms with Crippen molar-refractivity contribution in [3.05, 3.63) is 12.2 Å². The first kappa shape index (κ1) is 4.32. The van der Waals surface area contributed by atoms with Gasteiger partial charge in [-0.15, -0.1) is 0 Å². The van der Waals surface area contributed by atoms with E-state index in [1.54, 1.807) is 0 Å². The number of carbonyl (C=O) groups is 1. The van der Waals surface area contributed by atoms with E-state index in [2.05, 4.69) is 12.2 Å². The summed E-state index contributed by atoms with van der Waals surface area (Å²) in [6.07, 6.45) is 4.59. The molecule has 5 rings (SSSR count). The number of hydrogen-bond donors (Lipinski definition) is 0. The first-order chi connectivity index (χ1) is 4.89.